The SMILES string of the molecule is CC[N-]CC1=CCCC=C1.[Na+]. The van der Waals surface area contributed by atoms with Crippen LogP contribution in [0.3, 0.4) is 0 Å². The van der Waals surface area contributed by atoms with Crippen molar-refractivity contribution in [3.8, 4) is 0 Å². The zero-order valence-electron chi connectivity index (χ0n) is 7.51. The van der Waals surface area contributed by atoms with Crippen molar-refractivity contribution in [2.24, 2.45) is 0 Å². The average molecular weight is 159 g/mol. The fraction of sp³-hybridized carbons (Fsp3) is 0.556. The molecule has 0 unspecified atom stereocenters. The maximum Gasteiger partial charge on any atom is 1.00 e. The maximum absolute atomic E-state index is 4.28. The number of hydrogen-bond donors (Lipinski definition) is 0. The Bertz CT molecular complexity index is 150. The van der Waals surface area contributed by atoms with Crippen molar-refractivity contribution in [1.29, 1.82) is 0 Å². The van der Waals surface area contributed by atoms with Crippen LogP contribution in [0.1, 0.15) is 19.8 Å². The minimum Gasteiger partial charge on any atom is -0.659 e. The first-order chi connectivity index (χ1) is 4.93. The summed E-state index contributed by atoms with van der Waals surface area (Å²) < 4.78 is 0. The van der Waals surface area contributed by atoms with E-state index in [1.54, 1.807) is 0 Å². The third-order valence-corrected chi connectivity index (χ3v) is 1.59. The predicted octanol–water partition coefficient (Wildman–Crippen LogP) is -0.340. The summed E-state index contributed by atoms with van der Waals surface area (Å²) in [6, 6.07) is 0. The van der Waals surface area contributed by atoms with E-state index in [1.165, 1.54) is 18.4 Å². The second-order valence-corrected chi connectivity index (χ2v) is 2.46. The van der Waals surface area contributed by atoms with Crippen molar-refractivity contribution in [1.82, 2.24) is 0 Å². The Kier molecular flexibility index (Phi) is 7.39. The Hall–Kier alpha value is 0.440. The fourth-order valence-corrected chi connectivity index (χ4v) is 1.03. The first kappa shape index (κ1) is 11.4. The largest absolute Gasteiger partial charge is 1.00 e. The summed E-state index contributed by atoms with van der Waals surface area (Å²) in [5.41, 5.74) is 1.38. The molecule has 0 heterocycles. The molecule has 11 heavy (non-hydrogen) atoms. The quantitative estimate of drug-likeness (QED) is 0.500. The number of nitrogens with zero attached hydrogens (tertiary/aromatic N) is 1. The first-order valence-corrected chi connectivity index (χ1v) is 3.92. The molecule has 0 saturated heterocycles. The van der Waals surface area contributed by atoms with Crippen LogP contribution in [0.5, 0.6) is 0 Å². The van der Waals surface area contributed by atoms with Crippen LogP contribution in [-0.4, -0.2) is 13.1 Å². The van der Waals surface area contributed by atoms with Crippen LogP contribution < -0.4 is 29.6 Å². The van der Waals surface area contributed by atoms with E-state index in [0.29, 0.717) is 0 Å². The van der Waals surface area contributed by atoms with E-state index in [4.69, 9.17) is 0 Å². The van der Waals surface area contributed by atoms with Crippen LogP contribution in [0.4, 0.5) is 0 Å². The Morgan fingerprint density at radius 1 is 1.45 bits per heavy atom. The van der Waals surface area contributed by atoms with Gasteiger partial charge in [0.05, 0.1) is 0 Å². The summed E-state index contributed by atoms with van der Waals surface area (Å²) >= 11 is 0. The normalized spacial score (nSPS) is 15.5. The fourth-order valence-electron chi connectivity index (χ4n) is 1.03. The van der Waals surface area contributed by atoms with Crippen LogP contribution in [0, 0.1) is 0 Å². The zero-order chi connectivity index (χ0) is 7.23. The van der Waals surface area contributed by atoms with Crippen LogP contribution >= 0.6 is 0 Å². The van der Waals surface area contributed by atoms with E-state index in [9.17, 15) is 0 Å². The molecule has 56 valence electrons. The molecule has 1 aliphatic carbocycles. The van der Waals surface area contributed by atoms with E-state index in [0.717, 1.165) is 13.1 Å². The molecule has 1 aliphatic rings. The summed E-state index contributed by atoms with van der Waals surface area (Å²) in [5.74, 6) is 0. The van der Waals surface area contributed by atoms with Gasteiger partial charge in [-0.05, 0) is 12.8 Å². The van der Waals surface area contributed by atoms with E-state index >= 15 is 0 Å². The Labute approximate surface area is 91.2 Å². The van der Waals surface area contributed by atoms with E-state index in [-0.39, 0.29) is 29.6 Å². The van der Waals surface area contributed by atoms with Crippen molar-refractivity contribution < 1.29 is 29.6 Å². The minimum atomic E-state index is 0. The zero-order valence-corrected chi connectivity index (χ0v) is 9.51. The number of likely N-dealkylation sites (N-methyl/N-ethyl adjacent to an activating group) is 1. The van der Waals surface area contributed by atoms with Crippen LogP contribution in [0.2, 0.25) is 0 Å². The smallest absolute Gasteiger partial charge is 0.659 e. The first-order valence-electron chi connectivity index (χ1n) is 3.92. The number of allylic oxidation sites excluding steroid dienone is 2. The Balaban J connectivity index is 0.000001000. The third-order valence-electron chi connectivity index (χ3n) is 1.59. The molecular formula is C9H14NNa. The number of hydrogen-bond acceptors (Lipinski definition) is 0. The third kappa shape index (κ3) is 4.81. The van der Waals surface area contributed by atoms with Gasteiger partial charge >= 0.3 is 29.6 Å². The van der Waals surface area contributed by atoms with Gasteiger partial charge in [-0.2, -0.15) is 6.54 Å². The molecule has 0 bridgehead atoms. The van der Waals surface area contributed by atoms with Gasteiger partial charge in [-0.1, -0.05) is 30.7 Å². The molecule has 1 nitrogen and oxygen atoms in total. The maximum atomic E-state index is 4.28. The molecule has 0 aromatic heterocycles. The summed E-state index contributed by atoms with van der Waals surface area (Å²) in [7, 11) is 0. The summed E-state index contributed by atoms with van der Waals surface area (Å²) in [5, 5.41) is 4.28. The van der Waals surface area contributed by atoms with Crippen molar-refractivity contribution in [2.75, 3.05) is 13.1 Å². The molecule has 2 heteroatoms. The Morgan fingerprint density at radius 2 is 2.27 bits per heavy atom. The van der Waals surface area contributed by atoms with Gasteiger partial charge in [-0.3, -0.25) is 0 Å². The summed E-state index contributed by atoms with van der Waals surface area (Å²) in [4.78, 5) is 0. The molecule has 0 radical (unpaired) electrons. The van der Waals surface area contributed by atoms with Crippen molar-refractivity contribution in [3.63, 3.8) is 0 Å². The van der Waals surface area contributed by atoms with Gasteiger partial charge in [0.1, 0.15) is 0 Å². The van der Waals surface area contributed by atoms with Crippen molar-refractivity contribution in [3.05, 3.63) is 29.1 Å². The molecule has 0 saturated carbocycles. The summed E-state index contributed by atoms with van der Waals surface area (Å²) in [6.07, 6.45) is 9.09. The van der Waals surface area contributed by atoms with Gasteiger partial charge in [-0.25, -0.2) is 0 Å². The van der Waals surface area contributed by atoms with Gasteiger partial charge in [0.15, 0.2) is 0 Å². The Morgan fingerprint density at radius 3 is 2.82 bits per heavy atom. The van der Waals surface area contributed by atoms with Gasteiger partial charge < -0.3 is 5.32 Å². The monoisotopic (exact) mass is 159 g/mol. The predicted molar refractivity (Wildman–Crippen MR) is 45.2 cm³/mol. The molecule has 1 rings (SSSR count). The van der Waals surface area contributed by atoms with Crippen LogP contribution in [-0.2, 0) is 0 Å². The summed E-state index contributed by atoms with van der Waals surface area (Å²) in [6.45, 7) is 3.92. The average Bonchev–Trinajstić information content (AvgIpc) is 2.03. The van der Waals surface area contributed by atoms with Crippen molar-refractivity contribution in [2.45, 2.75) is 19.8 Å². The van der Waals surface area contributed by atoms with Gasteiger partial charge in [0, 0.05) is 0 Å². The van der Waals surface area contributed by atoms with Gasteiger partial charge in [-0.15, -0.1) is 6.54 Å². The minimum absolute atomic E-state index is 0. The van der Waals surface area contributed by atoms with Gasteiger partial charge in [0.25, 0.3) is 0 Å². The van der Waals surface area contributed by atoms with Crippen LogP contribution in [0.15, 0.2) is 23.8 Å². The molecule has 0 aliphatic heterocycles. The van der Waals surface area contributed by atoms with Gasteiger partial charge in [0.2, 0.25) is 0 Å². The molecule has 0 amide bonds. The van der Waals surface area contributed by atoms with Crippen molar-refractivity contribution >= 4 is 0 Å². The second kappa shape index (κ2) is 7.11. The topological polar surface area (TPSA) is 14.1 Å². The van der Waals surface area contributed by atoms with Crippen LogP contribution in [0.25, 0.3) is 5.32 Å². The standard InChI is InChI=1S/C9H14N.Na/c1-2-10-8-9-6-4-3-5-7-9;/h4,6-7H,2-3,5,8H2,1H3;/q-1;+1. The molecule has 0 fully saturated rings. The van der Waals surface area contributed by atoms with E-state index < -0.39 is 0 Å². The molecule has 0 aromatic carbocycles. The molecule has 0 spiro atoms. The molecular weight excluding hydrogens is 145 g/mol. The second-order valence-electron chi connectivity index (χ2n) is 2.46. The number of rotatable bonds is 3. The van der Waals surface area contributed by atoms with E-state index in [1.807, 2.05) is 0 Å². The molecule has 0 atom stereocenters. The van der Waals surface area contributed by atoms with E-state index in [2.05, 4.69) is 30.5 Å². The molecule has 0 N–H and O–H groups in total. The molecule has 0 aromatic rings.